The molecule has 24 heavy (non-hydrogen) atoms. The highest BCUT2D eigenvalue weighted by Crippen LogP contribution is 2.32. The minimum absolute atomic E-state index is 0.0582. The molecule has 0 radical (unpaired) electrons. The van der Waals surface area contributed by atoms with Gasteiger partial charge in [0.25, 0.3) is 5.56 Å². The first-order valence-corrected chi connectivity index (χ1v) is 8.78. The van der Waals surface area contributed by atoms with E-state index in [4.69, 9.17) is 5.73 Å². The van der Waals surface area contributed by atoms with Crippen LogP contribution in [-0.2, 0) is 13.0 Å². The van der Waals surface area contributed by atoms with Crippen molar-refractivity contribution in [2.45, 2.75) is 32.9 Å². The molecule has 0 aromatic carbocycles. The second-order valence-electron chi connectivity index (χ2n) is 5.88. The van der Waals surface area contributed by atoms with Gasteiger partial charge in [-0.1, -0.05) is 0 Å². The second kappa shape index (κ2) is 6.37. The fourth-order valence-electron chi connectivity index (χ4n) is 3.21. The molecule has 0 unspecified atom stereocenters. The van der Waals surface area contributed by atoms with Crippen molar-refractivity contribution >= 4 is 22.9 Å². The Balaban J connectivity index is 1.89. The van der Waals surface area contributed by atoms with Crippen LogP contribution in [0.4, 0.5) is 5.82 Å². The maximum atomic E-state index is 12.7. The SMILES string of the molecule is CCn1c(N)c(C(=O)CN2CCc3sccc3[C@H]2C)c(=O)[nH]c1=O. The van der Waals surface area contributed by atoms with Crippen molar-refractivity contribution in [3.8, 4) is 0 Å². The minimum atomic E-state index is -0.715. The van der Waals surface area contributed by atoms with Gasteiger partial charge in [0.1, 0.15) is 11.4 Å². The first-order valence-electron chi connectivity index (χ1n) is 7.90. The maximum absolute atomic E-state index is 12.7. The van der Waals surface area contributed by atoms with E-state index < -0.39 is 11.2 Å². The van der Waals surface area contributed by atoms with Crippen LogP contribution in [0.3, 0.4) is 0 Å². The Hall–Kier alpha value is -2.19. The Morgan fingerprint density at radius 2 is 2.21 bits per heavy atom. The fraction of sp³-hybridized carbons (Fsp3) is 0.438. The Kier molecular flexibility index (Phi) is 4.42. The van der Waals surface area contributed by atoms with Gasteiger partial charge in [0.05, 0.1) is 6.54 Å². The Bertz CT molecular complexity index is 895. The first kappa shape index (κ1) is 16.7. The Labute approximate surface area is 142 Å². The number of nitrogens with two attached hydrogens (primary N) is 1. The minimum Gasteiger partial charge on any atom is -0.384 e. The summed E-state index contributed by atoms with van der Waals surface area (Å²) in [6.07, 6.45) is 0.894. The van der Waals surface area contributed by atoms with E-state index in [9.17, 15) is 14.4 Å². The molecular weight excluding hydrogens is 328 g/mol. The van der Waals surface area contributed by atoms with Gasteiger partial charge in [-0.15, -0.1) is 11.3 Å². The molecule has 1 atom stereocenters. The van der Waals surface area contributed by atoms with Crippen LogP contribution in [0.1, 0.15) is 40.7 Å². The van der Waals surface area contributed by atoms with Crippen molar-refractivity contribution in [2.75, 3.05) is 18.8 Å². The number of ketones is 1. The molecule has 0 saturated heterocycles. The van der Waals surface area contributed by atoms with Gasteiger partial charge in [-0.2, -0.15) is 0 Å². The van der Waals surface area contributed by atoms with E-state index in [0.29, 0.717) is 6.54 Å². The van der Waals surface area contributed by atoms with Gasteiger partial charge >= 0.3 is 5.69 Å². The van der Waals surface area contributed by atoms with Crippen LogP contribution in [0.5, 0.6) is 0 Å². The van der Waals surface area contributed by atoms with E-state index in [1.807, 2.05) is 4.90 Å². The highest BCUT2D eigenvalue weighted by Gasteiger charge is 2.28. The molecular formula is C16H20N4O3S. The summed E-state index contributed by atoms with van der Waals surface area (Å²) in [4.78, 5) is 42.0. The number of fused-ring (bicyclic) bond motifs is 1. The van der Waals surface area contributed by atoms with Crippen molar-refractivity contribution in [1.29, 1.82) is 0 Å². The number of aromatic amines is 1. The number of nitrogens with zero attached hydrogens (tertiary/aromatic N) is 2. The molecule has 128 valence electrons. The molecule has 1 aliphatic rings. The average molecular weight is 348 g/mol. The van der Waals surface area contributed by atoms with Gasteiger partial charge in [0, 0.05) is 24.0 Å². The van der Waals surface area contributed by atoms with E-state index in [0.717, 1.165) is 13.0 Å². The predicted molar refractivity (Wildman–Crippen MR) is 93.8 cm³/mol. The van der Waals surface area contributed by atoms with E-state index in [1.54, 1.807) is 18.3 Å². The summed E-state index contributed by atoms with van der Waals surface area (Å²) in [5.41, 5.74) is 5.71. The molecule has 0 fully saturated rings. The maximum Gasteiger partial charge on any atom is 0.329 e. The third kappa shape index (κ3) is 2.71. The molecule has 1 aliphatic heterocycles. The highest BCUT2D eigenvalue weighted by molar-refractivity contribution is 7.10. The van der Waals surface area contributed by atoms with Gasteiger partial charge in [0.2, 0.25) is 0 Å². The number of hydrogen-bond donors (Lipinski definition) is 2. The summed E-state index contributed by atoms with van der Waals surface area (Å²) in [6, 6.07) is 2.20. The summed E-state index contributed by atoms with van der Waals surface area (Å²) in [6.45, 7) is 4.94. The zero-order valence-corrected chi connectivity index (χ0v) is 14.5. The van der Waals surface area contributed by atoms with Gasteiger partial charge in [0.15, 0.2) is 5.78 Å². The largest absolute Gasteiger partial charge is 0.384 e. The molecule has 3 N–H and O–H groups in total. The summed E-state index contributed by atoms with van der Waals surface area (Å²) < 4.78 is 1.20. The van der Waals surface area contributed by atoms with Crippen LogP contribution in [0, 0.1) is 0 Å². The molecule has 8 heteroatoms. The van der Waals surface area contributed by atoms with Crippen LogP contribution >= 0.6 is 11.3 Å². The third-order valence-corrected chi connectivity index (χ3v) is 5.58. The van der Waals surface area contributed by atoms with E-state index in [1.165, 1.54) is 15.0 Å². The van der Waals surface area contributed by atoms with Gasteiger partial charge in [-0.25, -0.2) is 4.79 Å². The first-order chi connectivity index (χ1) is 11.4. The third-order valence-electron chi connectivity index (χ3n) is 4.59. The molecule has 2 aromatic rings. The average Bonchev–Trinajstić information content (AvgIpc) is 2.99. The molecule has 2 aromatic heterocycles. The van der Waals surface area contributed by atoms with Crippen LogP contribution < -0.4 is 17.0 Å². The highest BCUT2D eigenvalue weighted by atomic mass is 32.1. The van der Waals surface area contributed by atoms with Crippen molar-refractivity contribution in [1.82, 2.24) is 14.5 Å². The summed E-state index contributed by atoms with van der Waals surface area (Å²) in [7, 11) is 0. The molecule has 7 nitrogen and oxygen atoms in total. The van der Waals surface area contributed by atoms with Crippen molar-refractivity contribution in [3.63, 3.8) is 0 Å². The summed E-state index contributed by atoms with van der Waals surface area (Å²) in [5, 5.41) is 2.06. The number of carbonyl (C=O) groups is 1. The van der Waals surface area contributed by atoms with E-state index in [2.05, 4.69) is 23.4 Å². The molecule has 0 aliphatic carbocycles. The molecule has 3 rings (SSSR count). The number of carbonyl (C=O) groups excluding carboxylic acids is 1. The van der Waals surface area contributed by atoms with Crippen LogP contribution in [0.2, 0.25) is 0 Å². The van der Waals surface area contributed by atoms with Crippen molar-refractivity contribution in [2.24, 2.45) is 0 Å². The number of thiophene rings is 1. The molecule has 0 amide bonds. The fourth-order valence-corrected chi connectivity index (χ4v) is 4.17. The number of nitrogen functional groups attached to an aromatic ring is 1. The van der Waals surface area contributed by atoms with E-state index in [-0.39, 0.29) is 29.8 Å². The molecule has 0 saturated carbocycles. The van der Waals surface area contributed by atoms with Crippen LogP contribution in [0.25, 0.3) is 0 Å². The van der Waals surface area contributed by atoms with Crippen molar-refractivity contribution < 1.29 is 4.79 Å². The Morgan fingerprint density at radius 1 is 1.46 bits per heavy atom. The van der Waals surface area contributed by atoms with Crippen LogP contribution in [0.15, 0.2) is 21.0 Å². The number of H-pyrrole nitrogens is 1. The summed E-state index contributed by atoms with van der Waals surface area (Å²) >= 11 is 1.73. The van der Waals surface area contributed by atoms with E-state index >= 15 is 0 Å². The monoisotopic (exact) mass is 348 g/mol. The standard InChI is InChI=1S/C16H20N4O3S/c1-3-20-14(17)13(15(22)18-16(20)23)11(21)8-19-6-4-12-10(9(19)2)5-7-24-12/h5,7,9H,3-4,6,8,17H2,1-2H3,(H,18,22,23)/t9-/m1/s1. The van der Waals surface area contributed by atoms with Gasteiger partial charge < -0.3 is 5.73 Å². The quantitative estimate of drug-likeness (QED) is 0.803. The number of hydrogen-bond acceptors (Lipinski definition) is 6. The smallest absolute Gasteiger partial charge is 0.329 e. The predicted octanol–water partition coefficient (Wildman–Crippen LogP) is 1.00. The van der Waals surface area contributed by atoms with Crippen molar-refractivity contribution in [3.05, 3.63) is 48.3 Å². The lowest BCUT2D eigenvalue weighted by Gasteiger charge is -2.33. The number of aromatic nitrogens is 2. The second-order valence-corrected chi connectivity index (χ2v) is 6.88. The number of nitrogens with one attached hydrogen (secondary N) is 1. The molecule has 0 spiro atoms. The molecule has 3 heterocycles. The zero-order chi connectivity index (χ0) is 17.4. The number of Topliss-reactive ketones (excluding diaryl/α,β-unsaturated/α-hetero) is 1. The van der Waals surface area contributed by atoms with Crippen LogP contribution in [-0.4, -0.2) is 33.3 Å². The van der Waals surface area contributed by atoms with Gasteiger partial charge in [-0.05, 0) is 37.3 Å². The van der Waals surface area contributed by atoms with Gasteiger partial charge in [-0.3, -0.25) is 24.0 Å². The zero-order valence-electron chi connectivity index (χ0n) is 13.7. The molecule has 0 bridgehead atoms. The lowest BCUT2D eigenvalue weighted by Crippen LogP contribution is -2.41. The Morgan fingerprint density at radius 3 is 2.92 bits per heavy atom. The lowest BCUT2D eigenvalue weighted by molar-refractivity contribution is 0.0890. The lowest BCUT2D eigenvalue weighted by atomic mass is 10.0. The summed E-state index contributed by atoms with van der Waals surface area (Å²) in [5.74, 6) is -0.418. The number of rotatable bonds is 4. The number of anilines is 1. The normalized spacial score (nSPS) is 17.7. The topological polar surface area (TPSA) is 101 Å².